The van der Waals surface area contributed by atoms with Gasteiger partial charge < -0.3 is 10.4 Å². The molecule has 2 rings (SSSR count). The van der Waals surface area contributed by atoms with Gasteiger partial charge in [0.15, 0.2) is 0 Å². The van der Waals surface area contributed by atoms with E-state index < -0.39 is 34.5 Å². The number of carboxylic acids is 1. The van der Waals surface area contributed by atoms with Crippen LogP contribution in [0.3, 0.4) is 0 Å². The third kappa shape index (κ3) is 2.99. The van der Waals surface area contributed by atoms with Gasteiger partial charge in [-0.25, -0.2) is 0 Å². The Morgan fingerprint density at radius 3 is 2.12 bits per heavy atom. The summed E-state index contributed by atoms with van der Waals surface area (Å²) in [7, 11) is 0. The van der Waals surface area contributed by atoms with Crippen molar-refractivity contribution in [3.05, 3.63) is 29.8 Å². The summed E-state index contributed by atoms with van der Waals surface area (Å²) in [5.41, 5.74) is -2.32. The van der Waals surface area contributed by atoms with Crippen LogP contribution in [0.1, 0.15) is 39.2 Å². The van der Waals surface area contributed by atoms with E-state index >= 15 is 0 Å². The summed E-state index contributed by atoms with van der Waals surface area (Å²) in [5.74, 6) is -1.84. The van der Waals surface area contributed by atoms with Crippen LogP contribution in [0.15, 0.2) is 24.3 Å². The minimum absolute atomic E-state index is 0.257. The Morgan fingerprint density at radius 2 is 1.71 bits per heavy atom. The molecule has 1 aliphatic rings. The molecule has 1 amide bonds. The Bertz CT molecular complexity index is 652. The molecular weight excluding hydrogens is 323 g/mol. The summed E-state index contributed by atoms with van der Waals surface area (Å²) in [4.78, 5) is 24.1. The average molecular weight is 343 g/mol. The molecule has 0 bridgehead atoms. The van der Waals surface area contributed by atoms with Crippen LogP contribution in [-0.2, 0) is 15.8 Å². The minimum Gasteiger partial charge on any atom is -0.481 e. The minimum atomic E-state index is -4.43. The van der Waals surface area contributed by atoms with Gasteiger partial charge in [0.1, 0.15) is 0 Å². The monoisotopic (exact) mass is 343 g/mol. The van der Waals surface area contributed by atoms with Gasteiger partial charge in [-0.2, -0.15) is 13.2 Å². The van der Waals surface area contributed by atoms with Crippen molar-refractivity contribution in [3.8, 4) is 0 Å². The van der Waals surface area contributed by atoms with Crippen LogP contribution in [0, 0.1) is 16.7 Å². The molecule has 4 nitrogen and oxygen atoms in total. The molecule has 132 valence electrons. The van der Waals surface area contributed by atoms with Crippen LogP contribution in [0.4, 0.5) is 18.9 Å². The highest BCUT2D eigenvalue weighted by molar-refractivity contribution is 5.94. The van der Waals surface area contributed by atoms with Gasteiger partial charge >= 0.3 is 12.1 Å². The van der Waals surface area contributed by atoms with Crippen molar-refractivity contribution in [2.75, 3.05) is 5.32 Å². The normalized spacial score (nSPS) is 26.2. The van der Waals surface area contributed by atoms with E-state index in [2.05, 4.69) is 5.32 Å². The Kier molecular flexibility index (Phi) is 4.41. The van der Waals surface area contributed by atoms with E-state index in [1.807, 2.05) is 0 Å². The molecular formula is C17H20F3NO3. The zero-order valence-electron chi connectivity index (χ0n) is 13.7. The number of hydrogen-bond donors (Lipinski definition) is 2. The molecule has 0 heterocycles. The molecule has 0 spiro atoms. The zero-order chi connectivity index (χ0) is 18.3. The maximum Gasteiger partial charge on any atom is 0.416 e. The predicted molar refractivity (Wildman–Crippen MR) is 82.3 cm³/mol. The highest BCUT2D eigenvalue weighted by Gasteiger charge is 2.58. The molecule has 1 saturated carbocycles. The summed E-state index contributed by atoms with van der Waals surface area (Å²) in [5, 5.41) is 12.1. The summed E-state index contributed by atoms with van der Waals surface area (Å²) in [6.07, 6.45) is -3.64. The lowest BCUT2D eigenvalue weighted by molar-refractivity contribution is -0.154. The number of rotatable bonds is 3. The Balaban J connectivity index is 2.15. The first-order valence-electron chi connectivity index (χ1n) is 7.61. The lowest BCUT2D eigenvalue weighted by Gasteiger charge is -2.37. The number of nitrogens with one attached hydrogen (secondary N) is 1. The summed E-state index contributed by atoms with van der Waals surface area (Å²) >= 11 is 0. The van der Waals surface area contributed by atoms with Gasteiger partial charge in [0, 0.05) is 11.6 Å². The van der Waals surface area contributed by atoms with E-state index in [0.29, 0.717) is 12.8 Å². The molecule has 0 aromatic heterocycles. The molecule has 0 saturated heterocycles. The molecule has 0 radical (unpaired) electrons. The van der Waals surface area contributed by atoms with Crippen molar-refractivity contribution in [3.63, 3.8) is 0 Å². The molecule has 1 fully saturated rings. The number of hydrogen-bond acceptors (Lipinski definition) is 2. The summed E-state index contributed by atoms with van der Waals surface area (Å²) in [6, 6.07) is 4.19. The SMILES string of the molecule is CC1(C(=O)O)CCC(C(=O)Nc2ccc(C(F)(F)F)cc2)C1(C)C. The number of halogens is 3. The summed E-state index contributed by atoms with van der Waals surface area (Å²) < 4.78 is 37.6. The van der Waals surface area contributed by atoms with Gasteiger partial charge in [-0.1, -0.05) is 13.8 Å². The quantitative estimate of drug-likeness (QED) is 0.865. The maximum atomic E-state index is 12.5. The number of carboxylic acid groups (broad SMARTS) is 1. The lowest BCUT2D eigenvalue weighted by atomic mass is 9.65. The van der Waals surface area contributed by atoms with E-state index in [9.17, 15) is 27.9 Å². The van der Waals surface area contributed by atoms with Gasteiger partial charge in [0.05, 0.1) is 11.0 Å². The van der Waals surface area contributed by atoms with Crippen molar-refractivity contribution < 1.29 is 27.9 Å². The number of carbonyl (C=O) groups excluding carboxylic acids is 1. The molecule has 1 aromatic carbocycles. The van der Waals surface area contributed by atoms with Gasteiger partial charge in [0.2, 0.25) is 5.91 Å². The Hall–Kier alpha value is -2.05. The van der Waals surface area contributed by atoms with Crippen LogP contribution in [0.25, 0.3) is 0 Å². The second kappa shape index (κ2) is 5.79. The molecule has 2 unspecified atom stereocenters. The molecule has 1 aliphatic carbocycles. The topological polar surface area (TPSA) is 66.4 Å². The number of benzene rings is 1. The van der Waals surface area contributed by atoms with Crippen molar-refractivity contribution in [2.24, 2.45) is 16.7 Å². The number of carbonyl (C=O) groups is 2. The van der Waals surface area contributed by atoms with E-state index in [1.54, 1.807) is 20.8 Å². The second-order valence-electron chi connectivity index (χ2n) is 7.01. The van der Waals surface area contributed by atoms with E-state index in [1.165, 1.54) is 12.1 Å². The second-order valence-corrected chi connectivity index (χ2v) is 7.01. The number of amides is 1. The number of anilines is 1. The van der Waals surface area contributed by atoms with E-state index in [-0.39, 0.29) is 11.6 Å². The largest absolute Gasteiger partial charge is 0.481 e. The smallest absolute Gasteiger partial charge is 0.416 e. The van der Waals surface area contributed by atoms with Crippen LogP contribution in [0.2, 0.25) is 0 Å². The molecule has 24 heavy (non-hydrogen) atoms. The van der Waals surface area contributed by atoms with Crippen LogP contribution in [-0.4, -0.2) is 17.0 Å². The fourth-order valence-corrected chi connectivity index (χ4v) is 3.31. The standard InChI is InChI=1S/C17H20F3NO3/c1-15(2)12(8-9-16(15,3)14(23)24)13(22)21-11-6-4-10(5-7-11)17(18,19)20/h4-7,12H,8-9H2,1-3H3,(H,21,22)(H,23,24). The van der Waals surface area contributed by atoms with Gasteiger partial charge in [-0.15, -0.1) is 0 Å². The molecule has 7 heteroatoms. The highest BCUT2D eigenvalue weighted by atomic mass is 19.4. The highest BCUT2D eigenvalue weighted by Crippen LogP contribution is 2.56. The first kappa shape index (κ1) is 18.3. The first-order valence-corrected chi connectivity index (χ1v) is 7.61. The number of aliphatic carboxylic acids is 1. The lowest BCUT2D eigenvalue weighted by Crippen LogP contribution is -2.43. The maximum absolute atomic E-state index is 12.5. The Labute approximate surface area is 138 Å². The van der Waals surface area contributed by atoms with Crippen molar-refractivity contribution in [1.29, 1.82) is 0 Å². The van der Waals surface area contributed by atoms with Gasteiger partial charge in [0.25, 0.3) is 0 Å². The molecule has 2 atom stereocenters. The van der Waals surface area contributed by atoms with E-state index in [4.69, 9.17) is 0 Å². The van der Waals surface area contributed by atoms with E-state index in [0.717, 1.165) is 12.1 Å². The Morgan fingerprint density at radius 1 is 1.17 bits per heavy atom. The predicted octanol–water partition coefficient (Wildman–Crippen LogP) is 4.17. The van der Waals surface area contributed by atoms with Gasteiger partial charge in [-0.05, 0) is 49.4 Å². The third-order valence-electron chi connectivity index (χ3n) is 5.49. The first-order chi connectivity index (χ1) is 10.9. The summed E-state index contributed by atoms with van der Waals surface area (Å²) in [6.45, 7) is 5.11. The van der Waals surface area contributed by atoms with Crippen molar-refractivity contribution in [1.82, 2.24) is 0 Å². The van der Waals surface area contributed by atoms with Crippen molar-refractivity contribution >= 4 is 17.6 Å². The number of alkyl halides is 3. The molecule has 2 N–H and O–H groups in total. The fraction of sp³-hybridized carbons (Fsp3) is 0.529. The fourth-order valence-electron chi connectivity index (χ4n) is 3.31. The molecule has 0 aliphatic heterocycles. The third-order valence-corrected chi connectivity index (χ3v) is 5.49. The van der Waals surface area contributed by atoms with Gasteiger partial charge in [-0.3, -0.25) is 9.59 Å². The van der Waals surface area contributed by atoms with Crippen LogP contribution >= 0.6 is 0 Å². The van der Waals surface area contributed by atoms with Crippen LogP contribution < -0.4 is 5.32 Å². The van der Waals surface area contributed by atoms with Crippen LogP contribution in [0.5, 0.6) is 0 Å². The average Bonchev–Trinajstić information content (AvgIpc) is 2.70. The zero-order valence-corrected chi connectivity index (χ0v) is 13.7. The molecule has 1 aromatic rings. The van der Waals surface area contributed by atoms with Crippen molar-refractivity contribution in [2.45, 2.75) is 39.8 Å².